The number of nitrogens with zero attached hydrogens (tertiary/aromatic N) is 1. The molecule has 1 saturated heterocycles. The quantitative estimate of drug-likeness (QED) is 0.832. The van der Waals surface area contributed by atoms with E-state index >= 15 is 0 Å². The van der Waals surface area contributed by atoms with Gasteiger partial charge in [0.25, 0.3) is 5.91 Å². The summed E-state index contributed by atoms with van der Waals surface area (Å²) in [5.41, 5.74) is 0. The van der Waals surface area contributed by atoms with Gasteiger partial charge in [0, 0.05) is 13.1 Å². The second-order valence-electron chi connectivity index (χ2n) is 5.34. The molecule has 0 saturated carbocycles. The van der Waals surface area contributed by atoms with Crippen molar-refractivity contribution in [3.63, 3.8) is 0 Å². The number of ether oxygens (including phenoxy) is 2. The summed E-state index contributed by atoms with van der Waals surface area (Å²) in [7, 11) is 0. The van der Waals surface area contributed by atoms with Gasteiger partial charge in [-0.3, -0.25) is 4.79 Å². The topological polar surface area (TPSA) is 38.8 Å². The predicted octanol–water partition coefficient (Wildman–Crippen LogP) is 2.99. The maximum atomic E-state index is 13.0. The van der Waals surface area contributed by atoms with Crippen LogP contribution in [-0.2, 0) is 9.53 Å². The number of amides is 1. The third-order valence-electron chi connectivity index (χ3n) is 3.28. The van der Waals surface area contributed by atoms with Crippen molar-refractivity contribution in [2.45, 2.75) is 39.1 Å². The fraction of sp³-hybridized carbons (Fsp3) is 0.533. The van der Waals surface area contributed by atoms with E-state index in [-0.39, 0.29) is 23.9 Å². The van der Waals surface area contributed by atoms with Crippen LogP contribution in [-0.4, -0.2) is 42.2 Å². The number of morpholine rings is 1. The van der Waals surface area contributed by atoms with Crippen LogP contribution in [0, 0.1) is 5.82 Å². The van der Waals surface area contributed by atoms with E-state index in [9.17, 15) is 9.18 Å². The van der Waals surface area contributed by atoms with Gasteiger partial charge in [0.1, 0.15) is 11.6 Å². The monoisotopic (exact) mass is 359 g/mol. The lowest BCUT2D eigenvalue weighted by Crippen LogP contribution is -2.51. The molecule has 1 fully saturated rings. The minimum Gasteiger partial charge on any atom is -0.480 e. The average molecular weight is 360 g/mol. The Bertz CT molecular complexity index is 516. The van der Waals surface area contributed by atoms with E-state index in [0.717, 1.165) is 0 Å². The van der Waals surface area contributed by atoms with E-state index in [2.05, 4.69) is 15.9 Å². The molecule has 1 aromatic carbocycles. The summed E-state index contributed by atoms with van der Waals surface area (Å²) in [5.74, 6) is 0.00358. The SMILES string of the molecule is CC1CN(C(=O)C(C)Oc2ccc(F)cc2Br)CC(C)O1. The molecule has 1 amide bonds. The van der Waals surface area contributed by atoms with Crippen LogP contribution in [0.4, 0.5) is 4.39 Å². The van der Waals surface area contributed by atoms with Gasteiger partial charge in [-0.25, -0.2) is 4.39 Å². The summed E-state index contributed by atoms with van der Waals surface area (Å²) < 4.78 is 24.8. The molecule has 1 aliphatic heterocycles. The molecule has 1 aliphatic rings. The van der Waals surface area contributed by atoms with Gasteiger partial charge < -0.3 is 14.4 Å². The normalized spacial score (nSPS) is 23.8. The average Bonchev–Trinajstić information content (AvgIpc) is 2.40. The number of rotatable bonds is 3. The summed E-state index contributed by atoms with van der Waals surface area (Å²) in [6.45, 7) is 6.70. The molecule has 4 nitrogen and oxygen atoms in total. The first-order valence-electron chi connectivity index (χ1n) is 6.92. The second-order valence-corrected chi connectivity index (χ2v) is 6.19. The van der Waals surface area contributed by atoms with Crippen molar-refractivity contribution < 1.29 is 18.7 Å². The van der Waals surface area contributed by atoms with Crippen molar-refractivity contribution in [3.05, 3.63) is 28.5 Å². The van der Waals surface area contributed by atoms with E-state index in [4.69, 9.17) is 9.47 Å². The van der Waals surface area contributed by atoms with E-state index in [1.165, 1.54) is 18.2 Å². The largest absolute Gasteiger partial charge is 0.480 e. The summed E-state index contributed by atoms with van der Waals surface area (Å²) >= 11 is 3.23. The zero-order chi connectivity index (χ0) is 15.6. The summed E-state index contributed by atoms with van der Waals surface area (Å²) in [6.07, 6.45) is -0.603. The number of hydrogen-bond acceptors (Lipinski definition) is 3. The number of hydrogen-bond donors (Lipinski definition) is 0. The Balaban J connectivity index is 2.02. The number of benzene rings is 1. The highest BCUT2D eigenvalue weighted by Crippen LogP contribution is 2.27. The Labute approximate surface area is 132 Å². The van der Waals surface area contributed by atoms with Crippen LogP contribution in [0.25, 0.3) is 0 Å². The lowest BCUT2D eigenvalue weighted by atomic mass is 10.2. The highest BCUT2D eigenvalue weighted by Gasteiger charge is 2.29. The van der Waals surface area contributed by atoms with Crippen molar-refractivity contribution in [3.8, 4) is 5.75 Å². The van der Waals surface area contributed by atoms with Gasteiger partial charge in [-0.1, -0.05) is 0 Å². The first kappa shape index (κ1) is 16.2. The summed E-state index contributed by atoms with van der Waals surface area (Å²) in [4.78, 5) is 14.2. The van der Waals surface area contributed by atoms with Crippen molar-refractivity contribution in [2.75, 3.05) is 13.1 Å². The number of halogens is 2. The fourth-order valence-electron chi connectivity index (χ4n) is 2.43. The Kier molecular flexibility index (Phi) is 5.22. The van der Waals surface area contributed by atoms with Crippen LogP contribution in [0.3, 0.4) is 0 Å². The zero-order valence-corrected chi connectivity index (χ0v) is 13.9. The van der Waals surface area contributed by atoms with Crippen LogP contribution in [0.1, 0.15) is 20.8 Å². The highest BCUT2D eigenvalue weighted by atomic mass is 79.9. The predicted molar refractivity (Wildman–Crippen MR) is 80.8 cm³/mol. The molecule has 21 heavy (non-hydrogen) atoms. The minimum absolute atomic E-state index is 0.0162. The first-order valence-corrected chi connectivity index (χ1v) is 7.72. The molecule has 1 heterocycles. The van der Waals surface area contributed by atoms with Gasteiger partial charge in [-0.2, -0.15) is 0 Å². The summed E-state index contributed by atoms with van der Waals surface area (Å²) in [6, 6.07) is 4.12. The van der Waals surface area contributed by atoms with Crippen LogP contribution in [0.5, 0.6) is 5.75 Å². The smallest absolute Gasteiger partial charge is 0.263 e. The van der Waals surface area contributed by atoms with Gasteiger partial charge >= 0.3 is 0 Å². The molecule has 3 atom stereocenters. The summed E-state index contributed by atoms with van der Waals surface area (Å²) in [5, 5.41) is 0. The van der Waals surface area contributed by atoms with Gasteiger partial charge in [0.15, 0.2) is 6.10 Å². The molecule has 3 unspecified atom stereocenters. The Morgan fingerprint density at radius 3 is 2.62 bits per heavy atom. The highest BCUT2D eigenvalue weighted by molar-refractivity contribution is 9.10. The Hall–Kier alpha value is -1.14. The standard InChI is InChI=1S/C15H19BrFNO3/c1-9-7-18(8-10(2)20-9)15(19)11(3)21-14-5-4-12(17)6-13(14)16/h4-6,9-11H,7-8H2,1-3H3. The van der Waals surface area contributed by atoms with Crippen molar-refractivity contribution in [1.29, 1.82) is 0 Å². The zero-order valence-electron chi connectivity index (χ0n) is 12.3. The number of carbonyl (C=O) groups is 1. The molecule has 116 valence electrons. The molecule has 0 aliphatic carbocycles. The molecular weight excluding hydrogens is 341 g/mol. The minimum atomic E-state index is -0.635. The van der Waals surface area contributed by atoms with Crippen molar-refractivity contribution in [1.82, 2.24) is 4.90 Å². The third kappa shape index (κ3) is 4.17. The molecule has 6 heteroatoms. The van der Waals surface area contributed by atoms with E-state index < -0.39 is 6.10 Å². The van der Waals surface area contributed by atoms with Crippen LogP contribution >= 0.6 is 15.9 Å². The van der Waals surface area contributed by atoms with Gasteiger partial charge in [0.05, 0.1) is 16.7 Å². The van der Waals surface area contributed by atoms with E-state index in [1.807, 2.05) is 13.8 Å². The van der Waals surface area contributed by atoms with Crippen LogP contribution < -0.4 is 4.74 Å². The van der Waals surface area contributed by atoms with Gasteiger partial charge in [-0.15, -0.1) is 0 Å². The lowest BCUT2D eigenvalue weighted by molar-refractivity contribution is -0.149. The molecule has 0 spiro atoms. The van der Waals surface area contributed by atoms with E-state index in [0.29, 0.717) is 23.3 Å². The van der Waals surface area contributed by atoms with Crippen molar-refractivity contribution in [2.24, 2.45) is 0 Å². The molecule has 2 rings (SSSR count). The molecule has 0 radical (unpaired) electrons. The second kappa shape index (κ2) is 6.75. The van der Waals surface area contributed by atoms with Crippen molar-refractivity contribution >= 4 is 21.8 Å². The molecule has 1 aromatic rings. The van der Waals surface area contributed by atoms with E-state index in [1.54, 1.807) is 11.8 Å². The number of carbonyl (C=O) groups excluding carboxylic acids is 1. The van der Waals surface area contributed by atoms with Crippen LogP contribution in [0.15, 0.2) is 22.7 Å². The first-order chi connectivity index (χ1) is 9.86. The van der Waals surface area contributed by atoms with Gasteiger partial charge in [0.2, 0.25) is 0 Å². The molecular formula is C15H19BrFNO3. The lowest BCUT2D eigenvalue weighted by Gasteiger charge is -2.36. The molecule has 0 aromatic heterocycles. The maximum absolute atomic E-state index is 13.0. The van der Waals surface area contributed by atoms with Crippen LogP contribution in [0.2, 0.25) is 0 Å². The Morgan fingerprint density at radius 1 is 1.43 bits per heavy atom. The Morgan fingerprint density at radius 2 is 2.05 bits per heavy atom. The fourth-order valence-corrected chi connectivity index (χ4v) is 2.87. The molecule has 0 N–H and O–H groups in total. The maximum Gasteiger partial charge on any atom is 0.263 e. The third-order valence-corrected chi connectivity index (χ3v) is 3.90. The van der Waals surface area contributed by atoms with Gasteiger partial charge in [-0.05, 0) is 54.9 Å². The molecule has 0 bridgehead atoms.